The van der Waals surface area contributed by atoms with Crippen molar-refractivity contribution in [1.29, 1.82) is 0 Å². The molecule has 0 heterocycles. The number of anilines is 1. The van der Waals surface area contributed by atoms with Crippen LogP contribution in [0.1, 0.15) is 20.3 Å². The van der Waals surface area contributed by atoms with Crippen LogP contribution in [0, 0.1) is 15.9 Å². The highest BCUT2D eigenvalue weighted by molar-refractivity contribution is 5.51. The van der Waals surface area contributed by atoms with E-state index in [-0.39, 0.29) is 18.0 Å². The Labute approximate surface area is 98.4 Å². The molecule has 1 unspecified atom stereocenters. The molecule has 94 valence electrons. The van der Waals surface area contributed by atoms with Gasteiger partial charge in [-0.1, -0.05) is 6.92 Å². The molecule has 0 spiro atoms. The molecule has 2 N–H and O–H groups in total. The molecule has 0 aromatic heterocycles. The summed E-state index contributed by atoms with van der Waals surface area (Å²) in [6.07, 6.45) is 0.597. The van der Waals surface area contributed by atoms with E-state index in [4.69, 9.17) is 0 Å². The van der Waals surface area contributed by atoms with Crippen molar-refractivity contribution in [2.45, 2.75) is 25.8 Å². The second kappa shape index (κ2) is 5.09. The van der Waals surface area contributed by atoms with Crippen LogP contribution in [0.4, 0.5) is 15.8 Å². The van der Waals surface area contributed by atoms with Crippen molar-refractivity contribution in [3.63, 3.8) is 0 Å². The van der Waals surface area contributed by atoms with Crippen LogP contribution in [0.2, 0.25) is 0 Å². The molecule has 1 atom stereocenters. The van der Waals surface area contributed by atoms with E-state index < -0.39 is 16.3 Å². The molecule has 0 fully saturated rings. The van der Waals surface area contributed by atoms with E-state index in [1.54, 1.807) is 6.92 Å². The quantitative estimate of drug-likeness (QED) is 0.613. The van der Waals surface area contributed by atoms with Gasteiger partial charge >= 0.3 is 0 Å². The van der Waals surface area contributed by atoms with Crippen molar-refractivity contribution in [2.75, 3.05) is 11.9 Å². The van der Waals surface area contributed by atoms with Gasteiger partial charge in [-0.2, -0.15) is 0 Å². The minimum Gasteiger partial charge on any atom is -0.394 e. The summed E-state index contributed by atoms with van der Waals surface area (Å²) < 4.78 is 13.6. The number of aliphatic hydroxyl groups is 1. The van der Waals surface area contributed by atoms with Crippen LogP contribution in [-0.2, 0) is 0 Å². The number of nitro benzene ring substituents is 1. The lowest BCUT2D eigenvalue weighted by atomic mass is 10.00. The third-order valence-corrected chi connectivity index (χ3v) is 2.73. The number of halogens is 1. The molecule has 0 bridgehead atoms. The van der Waals surface area contributed by atoms with Gasteiger partial charge in [-0.05, 0) is 19.4 Å². The number of nitro groups is 1. The first-order valence-corrected chi connectivity index (χ1v) is 5.25. The highest BCUT2D eigenvalue weighted by Gasteiger charge is 2.22. The molecular formula is C11H15FN2O3. The minimum atomic E-state index is -0.702. The molecule has 1 aromatic carbocycles. The molecule has 0 amide bonds. The van der Waals surface area contributed by atoms with E-state index in [1.165, 1.54) is 12.1 Å². The summed E-state index contributed by atoms with van der Waals surface area (Å²) in [6.45, 7) is 3.44. The molecule has 0 radical (unpaired) electrons. The van der Waals surface area contributed by atoms with Crippen LogP contribution < -0.4 is 5.32 Å². The summed E-state index contributed by atoms with van der Waals surface area (Å²) in [5, 5.41) is 22.5. The topological polar surface area (TPSA) is 75.4 Å². The zero-order valence-corrected chi connectivity index (χ0v) is 9.74. The molecule has 0 aliphatic rings. The van der Waals surface area contributed by atoms with Crippen molar-refractivity contribution in [1.82, 2.24) is 0 Å². The SMILES string of the molecule is CCC(C)(CO)Nc1ccc([N+](=O)[O-])cc1F. The van der Waals surface area contributed by atoms with E-state index in [9.17, 15) is 19.6 Å². The molecule has 5 nitrogen and oxygen atoms in total. The van der Waals surface area contributed by atoms with Crippen LogP contribution >= 0.6 is 0 Å². The Morgan fingerprint density at radius 3 is 2.65 bits per heavy atom. The van der Waals surface area contributed by atoms with E-state index >= 15 is 0 Å². The molecule has 0 saturated carbocycles. The Morgan fingerprint density at radius 1 is 1.59 bits per heavy atom. The monoisotopic (exact) mass is 242 g/mol. The molecule has 1 rings (SSSR count). The largest absolute Gasteiger partial charge is 0.394 e. The number of hydrogen-bond donors (Lipinski definition) is 2. The zero-order valence-electron chi connectivity index (χ0n) is 9.74. The Morgan fingerprint density at radius 2 is 2.24 bits per heavy atom. The van der Waals surface area contributed by atoms with Crippen LogP contribution in [0.15, 0.2) is 18.2 Å². The lowest BCUT2D eigenvalue weighted by Crippen LogP contribution is -2.38. The first-order chi connectivity index (χ1) is 7.91. The maximum atomic E-state index is 13.6. The maximum Gasteiger partial charge on any atom is 0.272 e. The Hall–Kier alpha value is -1.69. The Bertz CT molecular complexity index is 419. The molecule has 17 heavy (non-hydrogen) atoms. The number of benzene rings is 1. The van der Waals surface area contributed by atoms with Crippen LogP contribution in [0.25, 0.3) is 0 Å². The molecule has 6 heteroatoms. The van der Waals surface area contributed by atoms with Crippen molar-refractivity contribution in [3.05, 3.63) is 34.1 Å². The summed E-state index contributed by atoms with van der Waals surface area (Å²) in [5.41, 5.74) is -0.791. The van der Waals surface area contributed by atoms with Crippen molar-refractivity contribution in [2.24, 2.45) is 0 Å². The smallest absolute Gasteiger partial charge is 0.272 e. The molecule has 1 aromatic rings. The van der Waals surface area contributed by atoms with Gasteiger partial charge in [-0.3, -0.25) is 10.1 Å². The zero-order chi connectivity index (χ0) is 13.1. The fourth-order valence-electron chi connectivity index (χ4n) is 1.28. The maximum absolute atomic E-state index is 13.6. The van der Waals surface area contributed by atoms with Gasteiger partial charge in [0.1, 0.15) is 0 Å². The molecule has 0 aliphatic heterocycles. The first kappa shape index (κ1) is 13.4. The number of rotatable bonds is 5. The Kier molecular flexibility index (Phi) is 4.01. The van der Waals surface area contributed by atoms with Crippen LogP contribution in [-0.4, -0.2) is 22.2 Å². The predicted octanol–water partition coefficient (Wildman–Crippen LogP) is 2.31. The molecular weight excluding hydrogens is 227 g/mol. The van der Waals surface area contributed by atoms with Crippen molar-refractivity contribution >= 4 is 11.4 Å². The third-order valence-electron chi connectivity index (χ3n) is 2.73. The summed E-state index contributed by atoms with van der Waals surface area (Å²) >= 11 is 0. The fourth-order valence-corrected chi connectivity index (χ4v) is 1.28. The number of non-ortho nitro benzene ring substituents is 1. The summed E-state index contributed by atoms with van der Waals surface area (Å²) in [7, 11) is 0. The normalized spacial score (nSPS) is 14.1. The second-order valence-corrected chi connectivity index (χ2v) is 4.12. The van der Waals surface area contributed by atoms with Gasteiger partial charge in [0, 0.05) is 6.07 Å². The van der Waals surface area contributed by atoms with Gasteiger partial charge in [0.15, 0.2) is 5.82 Å². The van der Waals surface area contributed by atoms with Crippen LogP contribution in [0.5, 0.6) is 0 Å². The predicted molar refractivity (Wildman–Crippen MR) is 62.5 cm³/mol. The van der Waals surface area contributed by atoms with Gasteiger partial charge in [-0.15, -0.1) is 0 Å². The fraction of sp³-hybridized carbons (Fsp3) is 0.455. The van der Waals surface area contributed by atoms with E-state index in [0.717, 1.165) is 6.07 Å². The highest BCUT2D eigenvalue weighted by atomic mass is 19.1. The van der Waals surface area contributed by atoms with Crippen molar-refractivity contribution < 1.29 is 14.4 Å². The van der Waals surface area contributed by atoms with Gasteiger partial charge in [-0.25, -0.2) is 4.39 Å². The molecule has 0 saturated heterocycles. The number of hydrogen-bond acceptors (Lipinski definition) is 4. The molecule has 0 aliphatic carbocycles. The summed E-state index contributed by atoms with van der Waals surface area (Å²) in [4.78, 5) is 9.79. The second-order valence-electron chi connectivity index (χ2n) is 4.12. The van der Waals surface area contributed by atoms with Gasteiger partial charge in [0.05, 0.1) is 28.8 Å². The number of nitrogens with one attached hydrogen (secondary N) is 1. The average molecular weight is 242 g/mol. The Balaban J connectivity index is 2.97. The highest BCUT2D eigenvalue weighted by Crippen LogP contribution is 2.24. The van der Waals surface area contributed by atoms with Crippen LogP contribution in [0.3, 0.4) is 0 Å². The van der Waals surface area contributed by atoms with E-state index in [1.807, 2.05) is 6.92 Å². The van der Waals surface area contributed by atoms with E-state index in [2.05, 4.69) is 5.32 Å². The standard InChI is InChI=1S/C11H15FN2O3/c1-3-11(2,7-15)13-10-5-4-8(14(16)17)6-9(10)12/h4-6,13,15H,3,7H2,1-2H3. The number of nitrogens with zero attached hydrogens (tertiary/aromatic N) is 1. The minimum absolute atomic E-state index is 0.147. The number of aliphatic hydroxyl groups excluding tert-OH is 1. The van der Waals surface area contributed by atoms with E-state index in [0.29, 0.717) is 6.42 Å². The lowest BCUT2D eigenvalue weighted by Gasteiger charge is -2.28. The lowest BCUT2D eigenvalue weighted by molar-refractivity contribution is -0.385. The average Bonchev–Trinajstić information content (AvgIpc) is 2.31. The third kappa shape index (κ3) is 3.13. The van der Waals surface area contributed by atoms with Gasteiger partial charge in [0.25, 0.3) is 5.69 Å². The van der Waals surface area contributed by atoms with Gasteiger partial charge < -0.3 is 10.4 Å². The summed E-state index contributed by atoms with van der Waals surface area (Å²) in [6, 6.07) is 3.38. The first-order valence-electron chi connectivity index (χ1n) is 5.25. The summed E-state index contributed by atoms with van der Waals surface area (Å²) in [5.74, 6) is -0.702. The van der Waals surface area contributed by atoms with Crippen molar-refractivity contribution in [3.8, 4) is 0 Å². The van der Waals surface area contributed by atoms with Gasteiger partial charge in [0.2, 0.25) is 0 Å².